The summed E-state index contributed by atoms with van der Waals surface area (Å²) in [5.74, 6) is -3.51. The quantitative estimate of drug-likeness (QED) is 0.322. The minimum atomic E-state index is -1.17. The molecule has 0 aromatic carbocycles. The number of aromatic nitrogens is 3. The van der Waals surface area contributed by atoms with E-state index in [1.165, 1.54) is 36.8 Å². The van der Waals surface area contributed by atoms with Gasteiger partial charge in [0.25, 0.3) is 0 Å². The summed E-state index contributed by atoms with van der Waals surface area (Å²) in [5, 5.41) is 29.8. The first-order valence-corrected chi connectivity index (χ1v) is 6.46. The molecule has 0 saturated heterocycles. The van der Waals surface area contributed by atoms with Gasteiger partial charge in [0.2, 0.25) is 0 Å². The number of nitrogens with one attached hydrogen (secondary N) is 3. The van der Waals surface area contributed by atoms with Crippen molar-refractivity contribution < 1.29 is 49.8 Å². The first-order chi connectivity index (χ1) is 11.4. The van der Waals surface area contributed by atoms with Crippen LogP contribution in [0.25, 0.3) is 0 Å². The van der Waals surface area contributed by atoms with E-state index in [9.17, 15) is 29.7 Å². The summed E-state index contributed by atoms with van der Waals surface area (Å²) in [6.07, 6.45) is 4.60. The maximum atomic E-state index is 9.92. The first kappa shape index (κ1) is 25.6. The number of aromatic amines is 3. The van der Waals surface area contributed by atoms with Gasteiger partial charge in [0.1, 0.15) is 0 Å². The fourth-order valence-corrected chi connectivity index (χ4v) is 1.37. The Hall–Kier alpha value is -2.67. The van der Waals surface area contributed by atoms with E-state index in [1.54, 1.807) is 18.2 Å². The second kappa shape index (κ2) is 13.6. The molecule has 3 aromatic rings. The molecule has 0 radical (unpaired) electrons. The number of carboxylic acids is 3. The molecule has 9 nitrogen and oxygen atoms in total. The molecule has 0 aliphatic carbocycles. The number of H-pyrrole nitrogens is 3. The predicted octanol–water partition coefficient (Wildman–Crippen LogP) is -1.81. The minimum absolute atomic E-state index is 0. The van der Waals surface area contributed by atoms with Crippen molar-refractivity contribution in [2.45, 2.75) is 0 Å². The van der Waals surface area contributed by atoms with Crippen LogP contribution in [0.4, 0.5) is 0 Å². The maximum absolute atomic E-state index is 9.92. The molecule has 0 aliphatic rings. The van der Waals surface area contributed by atoms with E-state index in [0.717, 1.165) is 0 Å². The second-order valence-electron chi connectivity index (χ2n) is 4.11. The van der Waals surface area contributed by atoms with Crippen LogP contribution in [0.1, 0.15) is 31.5 Å². The Morgan fingerprint density at radius 2 is 0.846 bits per heavy atom. The normalized spacial score (nSPS) is 8.31. The number of carbonyl (C=O) groups excluding carboxylic acids is 3. The van der Waals surface area contributed by atoms with Crippen LogP contribution >= 0.6 is 9.90 Å². The van der Waals surface area contributed by atoms with Crippen LogP contribution in [0.5, 0.6) is 0 Å². The van der Waals surface area contributed by atoms with Crippen molar-refractivity contribution >= 4 is 27.8 Å². The van der Waals surface area contributed by atoms with Gasteiger partial charge in [0, 0.05) is 18.6 Å². The Morgan fingerprint density at radius 3 is 0.923 bits per heavy atom. The molecule has 1 unspecified atom stereocenters. The molecule has 0 amide bonds. The van der Waals surface area contributed by atoms with Crippen LogP contribution in [0.15, 0.2) is 55.0 Å². The largest absolute Gasteiger partial charge is 3.00 e. The zero-order valence-corrected chi connectivity index (χ0v) is 17.0. The summed E-state index contributed by atoms with van der Waals surface area (Å²) in [6.45, 7) is 0. The fourth-order valence-electron chi connectivity index (χ4n) is 1.37. The Balaban J connectivity index is 0. The van der Waals surface area contributed by atoms with Crippen molar-refractivity contribution in [3.8, 4) is 0 Å². The maximum Gasteiger partial charge on any atom is 3.00 e. The Morgan fingerprint density at radius 1 is 0.615 bits per heavy atom. The molecule has 3 heterocycles. The summed E-state index contributed by atoms with van der Waals surface area (Å²) in [4.78, 5) is 37.2. The van der Waals surface area contributed by atoms with Crippen molar-refractivity contribution in [2.75, 3.05) is 0 Å². The third-order valence-corrected chi connectivity index (χ3v) is 2.45. The van der Waals surface area contributed by atoms with Crippen LogP contribution < -0.4 is 15.3 Å². The smallest absolute Gasteiger partial charge is 0.543 e. The Kier molecular flexibility index (Phi) is 13.4. The molecular weight excluding hydrogens is 541 g/mol. The van der Waals surface area contributed by atoms with Gasteiger partial charge < -0.3 is 44.7 Å². The van der Waals surface area contributed by atoms with Crippen molar-refractivity contribution in [3.63, 3.8) is 0 Å². The third-order valence-electron chi connectivity index (χ3n) is 2.45. The van der Waals surface area contributed by atoms with Gasteiger partial charge in [-0.2, -0.15) is 9.90 Å². The molecule has 1 atom stereocenters. The molecule has 0 aliphatic heterocycles. The number of hydrogen-bond donors (Lipinski definition) is 3. The molecule has 11 heteroatoms. The Labute approximate surface area is 164 Å². The summed E-state index contributed by atoms with van der Waals surface area (Å²) in [6, 6.07) is 9.13. The summed E-state index contributed by atoms with van der Waals surface area (Å²) < 4.78 is 0. The van der Waals surface area contributed by atoms with Crippen LogP contribution in [0.3, 0.4) is 0 Å². The number of aromatic carboxylic acids is 3. The number of carboxylic acid groups (broad SMARTS) is 3. The van der Waals surface area contributed by atoms with E-state index in [1.807, 2.05) is 0 Å². The molecule has 3 aromatic heterocycles. The summed E-state index contributed by atoms with van der Waals surface area (Å²) in [7, 11) is 0. The molecule has 3 rings (SSSR count). The van der Waals surface area contributed by atoms with Gasteiger partial charge in [-0.3, -0.25) is 0 Å². The van der Waals surface area contributed by atoms with Crippen LogP contribution in [0, 0.1) is 0 Å². The number of carbonyl (C=O) groups is 3. The molecule has 3 N–H and O–H groups in total. The molecule has 140 valence electrons. The molecule has 0 spiro atoms. The summed E-state index contributed by atoms with van der Waals surface area (Å²) in [5.41, 5.74) is 0.347. The van der Waals surface area contributed by atoms with Crippen molar-refractivity contribution in [2.24, 2.45) is 0 Å². The van der Waals surface area contributed by atoms with E-state index in [-0.39, 0.29) is 47.1 Å². The number of rotatable bonds is 3. The van der Waals surface area contributed by atoms with Gasteiger partial charge in [-0.25, -0.2) is 0 Å². The van der Waals surface area contributed by atoms with Crippen LogP contribution in [-0.4, -0.2) is 32.9 Å². The Bertz CT molecular complexity index is 652. The van der Waals surface area contributed by atoms with E-state index in [4.69, 9.17) is 0 Å². The standard InChI is InChI=1S/3C5H5NO2.Ir.H3P/c3*7-5(8)4-2-1-3-6-4;;/h3*1-3,6H,(H,7,8);;1H3/q;;;+3;/p-3. The van der Waals surface area contributed by atoms with Crippen LogP contribution in [-0.2, 0) is 20.1 Å². The zero-order chi connectivity index (χ0) is 17.9. The molecule has 0 fully saturated rings. The summed E-state index contributed by atoms with van der Waals surface area (Å²) >= 11 is 0. The third kappa shape index (κ3) is 9.58. The van der Waals surface area contributed by atoms with Gasteiger partial charge >= 0.3 is 20.1 Å². The SMILES string of the molecule is O=C([O-])c1ccc[nH]1.O=C([O-])c1ccc[nH]1.O=C([O-])c1ccc[nH]1.P.[Ir+3]. The number of hydrogen-bond acceptors (Lipinski definition) is 6. The van der Waals surface area contributed by atoms with E-state index >= 15 is 0 Å². The molecule has 26 heavy (non-hydrogen) atoms. The van der Waals surface area contributed by atoms with Gasteiger partial charge in [-0.1, -0.05) is 0 Å². The van der Waals surface area contributed by atoms with E-state index < -0.39 is 17.9 Å². The van der Waals surface area contributed by atoms with Crippen molar-refractivity contribution in [1.29, 1.82) is 0 Å². The van der Waals surface area contributed by atoms with Gasteiger partial charge in [-0.15, -0.1) is 0 Å². The first-order valence-electron chi connectivity index (χ1n) is 6.46. The monoisotopic (exact) mass is 557 g/mol. The average molecular weight is 556 g/mol. The van der Waals surface area contributed by atoms with E-state index in [0.29, 0.717) is 0 Å². The molecular formula is C15H15IrN3O6P. The zero-order valence-electron chi connectivity index (χ0n) is 13.2. The topological polar surface area (TPSA) is 168 Å². The van der Waals surface area contributed by atoms with Gasteiger partial charge in [-0.05, 0) is 36.4 Å². The van der Waals surface area contributed by atoms with Crippen molar-refractivity contribution in [1.82, 2.24) is 15.0 Å². The second-order valence-corrected chi connectivity index (χ2v) is 4.11. The fraction of sp³-hybridized carbons (Fsp3) is 0. The van der Waals surface area contributed by atoms with Gasteiger partial charge in [0.15, 0.2) is 0 Å². The molecule has 0 bridgehead atoms. The van der Waals surface area contributed by atoms with Gasteiger partial charge in [0.05, 0.1) is 35.0 Å². The van der Waals surface area contributed by atoms with E-state index in [2.05, 4.69) is 15.0 Å². The molecule has 0 saturated carbocycles. The van der Waals surface area contributed by atoms with Crippen molar-refractivity contribution in [3.05, 3.63) is 72.1 Å². The minimum Gasteiger partial charge on any atom is -0.543 e. The average Bonchev–Trinajstić information content (AvgIpc) is 3.29. The van der Waals surface area contributed by atoms with Crippen LogP contribution in [0.2, 0.25) is 0 Å². The predicted molar refractivity (Wildman–Crippen MR) is 86.5 cm³/mol.